The van der Waals surface area contributed by atoms with Gasteiger partial charge in [-0.05, 0) is 48.4 Å². The summed E-state index contributed by atoms with van der Waals surface area (Å²) in [7, 11) is 0. The highest BCUT2D eigenvalue weighted by Crippen LogP contribution is 2.32. The number of hydrogen-bond donors (Lipinski definition) is 1. The number of carboxylic acids is 1. The molecule has 0 unspecified atom stereocenters. The van der Waals surface area contributed by atoms with E-state index in [1.807, 2.05) is 24.3 Å². The van der Waals surface area contributed by atoms with Crippen LogP contribution in [-0.2, 0) is 0 Å². The molecule has 0 radical (unpaired) electrons. The molecule has 3 rings (SSSR count). The largest absolute Gasteiger partial charge is 0.493 e. The molecular formula is C15H14O3. The van der Waals surface area contributed by atoms with Crippen LogP contribution in [0.1, 0.15) is 23.2 Å². The Bertz CT molecular complexity index is 600. The SMILES string of the molecule is O=C(O)c1ccc2c(OCC3CC3)cccc2c1. The molecule has 0 bridgehead atoms. The van der Waals surface area contributed by atoms with Gasteiger partial charge in [-0.3, -0.25) is 0 Å². The average molecular weight is 242 g/mol. The second-order valence-electron chi connectivity index (χ2n) is 4.75. The minimum Gasteiger partial charge on any atom is -0.493 e. The molecule has 1 fully saturated rings. The van der Waals surface area contributed by atoms with Gasteiger partial charge in [-0.15, -0.1) is 0 Å². The van der Waals surface area contributed by atoms with Crippen molar-refractivity contribution in [2.75, 3.05) is 6.61 Å². The van der Waals surface area contributed by atoms with Crippen molar-refractivity contribution in [3.8, 4) is 5.75 Å². The van der Waals surface area contributed by atoms with E-state index in [1.165, 1.54) is 12.8 Å². The van der Waals surface area contributed by atoms with Crippen LogP contribution < -0.4 is 4.74 Å². The standard InChI is InChI=1S/C15H14O3/c16-15(17)12-6-7-13-11(8-12)2-1-3-14(13)18-9-10-4-5-10/h1-3,6-8,10H,4-5,9H2,(H,16,17). The zero-order chi connectivity index (χ0) is 12.5. The third-order valence-corrected chi connectivity index (χ3v) is 3.26. The molecule has 0 aliphatic heterocycles. The maximum Gasteiger partial charge on any atom is 0.335 e. The predicted octanol–water partition coefficient (Wildman–Crippen LogP) is 3.33. The first-order chi connectivity index (χ1) is 8.74. The lowest BCUT2D eigenvalue weighted by molar-refractivity contribution is 0.0697. The Morgan fingerprint density at radius 1 is 1.28 bits per heavy atom. The van der Waals surface area contributed by atoms with Crippen molar-refractivity contribution >= 4 is 16.7 Å². The van der Waals surface area contributed by atoms with Crippen LogP contribution in [0.3, 0.4) is 0 Å². The van der Waals surface area contributed by atoms with E-state index in [0.29, 0.717) is 11.5 Å². The fourth-order valence-corrected chi connectivity index (χ4v) is 2.01. The van der Waals surface area contributed by atoms with Crippen molar-refractivity contribution in [1.82, 2.24) is 0 Å². The monoisotopic (exact) mass is 242 g/mol. The van der Waals surface area contributed by atoms with Gasteiger partial charge in [0.05, 0.1) is 12.2 Å². The lowest BCUT2D eigenvalue weighted by Crippen LogP contribution is -2.00. The summed E-state index contributed by atoms with van der Waals surface area (Å²) in [5.41, 5.74) is 0.307. The number of aromatic carboxylic acids is 1. The Kier molecular flexibility index (Phi) is 2.67. The molecule has 3 heteroatoms. The van der Waals surface area contributed by atoms with Crippen LogP contribution in [0, 0.1) is 5.92 Å². The first kappa shape index (κ1) is 11.1. The van der Waals surface area contributed by atoms with Crippen molar-refractivity contribution in [2.24, 2.45) is 5.92 Å². The third-order valence-electron chi connectivity index (χ3n) is 3.26. The quantitative estimate of drug-likeness (QED) is 0.894. The molecule has 0 heterocycles. The van der Waals surface area contributed by atoms with Crippen molar-refractivity contribution < 1.29 is 14.6 Å². The summed E-state index contributed by atoms with van der Waals surface area (Å²) in [6.07, 6.45) is 2.52. The Balaban J connectivity index is 1.96. The molecule has 1 aliphatic rings. The molecule has 0 amide bonds. The van der Waals surface area contributed by atoms with Gasteiger partial charge in [-0.25, -0.2) is 4.79 Å². The van der Waals surface area contributed by atoms with Gasteiger partial charge in [0, 0.05) is 5.39 Å². The van der Waals surface area contributed by atoms with Gasteiger partial charge in [-0.2, -0.15) is 0 Å². The molecule has 1 aliphatic carbocycles. The molecule has 3 nitrogen and oxygen atoms in total. The number of benzene rings is 2. The molecule has 2 aromatic carbocycles. The molecule has 18 heavy (non-hydrogen) atoms. The summed E-state index contributed by atoms with van der Waals surface area (Å²) in [5.74, 6) is 0.649. The van der Waals surface area contributed by atoms with Crippen LogP contribution in [0.25, 0.3) is 10.8 Å². The maximum atomic E-state index is 10.9. The number of ether oxygens (including phenoxy) is 1. The second kappa shape index (κ2) is 4.33. The molecule has 1 N–H and O–H groups in total. The fraction of sp³-hybridized carbons (Fsp3) is 0.267. The summed E-state index contributed by atoms with van der Waals surface area (Å²) in [4.78, 5) is 10.9. The summed E-state index contributed by atoms with van der Waals surface area (Å²) in [6.45, 7) is 0.764. The normalized spacial score (nSPS) is 14.7. The topological polar surface area (TPSA) is 46.5 Å². The fourth-order valence-electron chi connectivity index (χ4n) is 2.01. The van der Waals surface area contributed by atoms with Crippen LogP contribution in [0.5, 0.6) is 5.75 Å². The van der Waals surface area contributed by atoms with Gasteiger partial charge in [0.1, 0.15) is 5.75 Å². The minimum atomic E-state index is -0.902. The highest BCUT2D eigenvalue weighted by Gasteiger charge is 2.22. The predicted molar refractivity (Wildman–Crippen MR) is 69.1 cm³/mol. The van der Waals surface area contributed by atoms with Crippen molar-refractivity contribution in [2.45, 2.75) is 12.8 Å². The van der Waals surface area contributed by atoms with Gasteiger partial charge in [0.25, 0.3) is 0 Å². The summed E-state index contributed by atoms with van der Waals surface area (Å²) in [6, 6.07) is 10.9. The number of fused-ring (bicyclic) bond motifs is 1. The van der Waals surface area contributed by atoms with E-state index >= 15 is 0 Å². The molecule has 0 spiro atoms. The molecule has 2 aromatic rings. The Hall–Kier alpha value is -2.03. The highest BCUT2D eigenvalue weighted by molar-refractivity contribution is 5.96. The van der Waals surface area contributed by atoms with Crippen LogP contribution >= 0.6 is 0 Å². The van der Waals surface area contributed by atoms with Crippen LogP contribution in [-0.4, -0.2) is 17.7 Å². The lowest BCUT2D eigenvalue weighted by atomic mass is 10.1. The van der Waals surface area contributed by atoms with Crippen molar-refractivity contribution in [3.63, 3.8) is 0 Å². The Morgan fingerprint density at radius 2 is 2.11 bits per heavy atom. The highest BCUT2D eigenvalue weighted by atomic mass is 16.5. The van der Waals surface area contributed by atoms with Crippen LogP contribution in [0.15, 0.2) is 36.4 Å². The average Bonchev–Trinajstić information content (AvgIpc) is 3.19. The van der Waals surface area contributed by atoms with E-state index in [2.05, 4.69) is 0 Å². The number of rotatable bonds is 4. The van der Waals surface area contributed by atoms with E-state index in [-0.39, 0.29) is 0 Å². The van der Waals surface area contributed by atoms with Crippen molar-refractivity contribution in [3.05, 3.63) is 42.0 Å². The zero-order valence-corrected chi connectivity index (χ0v) is 9.93. The smallest absolute Gasteiger partial charge is 0.335 e. The lowest BCUT2D eigenvalue weighted by Gasteiger charge is -2.09. The molecule has 92 valence electrons. The molecule has 0 atom stereocenters. The van der Waals surface area contributed by atoms with E-state index in [0.717, 1.165) is 23.1 Å². The van der Waals surface area contributed by atoms with Crippen molar-refractivity contribution in [1.29, 1.82) is 0 Å². The summed E-state index contributed by atoms with van der Waals surface area (Å²) < 4.78 is 5.80. The van der Waals surface area contributed by atoms with Gasteiger partial charge < -0.3 is 9.84 Å². The molecule has 0 aromatic heterocycles. The first-order valence-corrected chi connectivity index (χ1v) is 6.13. The Labute approximate surface area is 105 Å². The minimum absolute atomic E-state index is 0.307. The number of hydrogen-bond acceptors (Lipinski definition) is 2. The van der Waals surface area contributed by atoms with Crippen LogP contribution in [0.2, 0.25) is 0 Å². The van der Waals surface area contributed by atoms with Gasteiger partial charge in [-0.1, -0.05) is 12.1 Å². The van der Waals surface area contributed by atoms with Gasteiger partial charge in [0.2, 0.25) is 0 Å². The first-order valence-electron chi connectivity index (χ1n) is 6.13. The second-order valence-corrected chi connectivity index (χ2v) is 4.75. The maximum absolute atomic E-state index is 10.9. The molecule has 1 saturated carbocycles. The van der Waals surface area contributed by atoms with Gasteiger partial charge in [0.15, 0.2) is 0 Å². The van der Waals surface area contributed by atoms with E-state index in [1.54, 1.807) is 12.1 Å². The summed E-state index contributed by atoms with van der Waals surface area (Å²) >= 11 is 0. The zero-order valence-electron chi connectivity index (χ0n) is 9.93. The summed E-state index contributed by atoms with van der Waals surface area (Å²) in [5, 5.41) is 10.8. The number of carboxylic acid groups (broad SMARTS) is 1. The Morgan fingerprint density at radius 3 is 2.83 bits per heavy atom. The number of carbonyl (C=O) groups is 1. The van der Waals surface area contributed by atoms with Gasteiger partial charge >= 0.3 is 5.97 Å². The van der Waals surface area contributed by atoms with E-state index in [4.69, 9.17) is 9.84 Å². The molecule has 0 saturated heterocycles. The third kappa shape index (κ3) is 2.16. The van der Waals surface area contributed by atoms with Crippen LogP contribution in [0.4, 0.5) is 0 Å². The van der Waals surface area contributed by atoms with E-state index in [9.17, 15) is 4.79 Å². The van der Waals surface area contributed by atoms with E-state index < -0.39 is 5.97 Å². The molecular weight excluding hydrogens is 228 g/mol.